The first kappa shape index (κ1) is 22.6. The van der Waals surface area contributed by atoms with Crippen LogP contribution in [0.4, 0.5) is 5.69 Å². The molecule has 0 amide bonds. The zero-order chi connectivity index (χ0) is 21.9. The van der Waals surface area contributed by atoms with Gasteiger partial charge in [0.25, 0.3) is 5.69 Å². The molecule has 0 saturated heterocycles. The quantitative estimate of drug-likeness (QED) is 0.294. The lowest BCUT2D eigenvalue weighted by molar-refractivity contribution is -0.384. The fourth-order valence-corrected chi connectivity index (χ4v) is 3.24. The van der Waals surface area contributed by atoms with Gasteiger partial charge in [-0.05, 0) is 33.3 Å². The molecule has 0 bridgehead atoms. The van der Waals surface area contributed by atoms with Crippen LogP contribution in [-0.4, -0.2) is 34.9 Å². The van der Waals surface area contributed by atoms with Crippen LogP contribution < -0.4 is 5.32 Å². The van der Waals surface area contributed by atoms with Crippen LogP contribution in [-0.2, 0) is 19.1 Å². The summed E-state index contributed by atoms with van der Waals surface area (Å²) in [6.07, 6.45) is 0. The third kappa shape index (κ3) is 4.84. The van der Waals surface area contributed by atoms with Crippen LogP contribution in [0, 0.1) is 10.1 Å². The highest BCUT2D eigenvalue weighted by Gasteiger charge is 2.39. The summed E-state index contributed by atoms with van der Waals surface area (Å²) < 4.78 is 10.6. The van der Waals surface area contributed by atoms with Gasteiger partial charge >= 0.3 is 11.9 Å². The van der Waals surface area contributed by atoms with Crippen molar-refractivity contribution in [3.63, 3.8) is 0 Å². The van der Waals surface area contributed by atoms with Gasteiger partial charge in [0.1, 0.15) is 5.60 Å². The molecule has 0 saturated carbocycles. The van der Waals surface area contributed by atoms with Crippen LogP contribution >= 0.6 is 15.9 Å². The summed E-state index contributed by atoms with van der Waals surface area (Å²) in [6, 6.07) is 5.85. The van der Waals surface area contributed by atoms with E-state index in [1.165, 1.54) is 25.3 Å². The molecule has 0 spiro atoms. The Morgan fingerprint density at radius 3 is 2.31 bits per heavy atom. The number of alkyl halides is 1. The van der Waals surface area contributed by atoms with Crippen LogP contribution in [0.15, 0.2) is 46.8 Å². The molecule has 1 aliphatic rings. The van der Waals surface area contributed by atoms with Gasteiger partial charge in [0.05, 0.1) is 29.1 Å². The molecule has 0 aliphatic carbocycles. The molecule has 1 aliphatic heterocycles. The van der Waals surface area contributed by atoms with Crippen LogP contribution in [0.2, 0.25) is 0 Å². The highest BCUT2D eigenvalue weighted by atomic mass is 79.9. The second-order valence-corrected chi connectivity index (χ2v) is 7.82. The van der Waals surface area contributed by atoms with E-state index in [4.69, 9.17) is 9.47 Å². The Morgan fingerprint density at radius 2 is 1.79 bits per heavy atom. The molecule has 1 aromatic rings. The van der Waals surface area contributed by atoms with Gasteiger partial charge in [-0.25, -0.2) is 9.59 Å². The highest BCUT2D eigenvalue weighted by molar-refractivity contribution is 9.09. The van der Waals surface area contributed by atoms with Gasteiger partial charge in [0, 0.05) is 28.9 Å². The normalized spacial score (nSPS) is 17.0. The lowest BCUT2D eigenvalue weighted by atomic mass is 9.80. The number of hydrogen-bond acceptors (Lipinski definition) is 7. The molecule has 1 N–H and O–H groups in total. The van der Waals surface area contributed by atoms with Gasteiger partial charge in [-0.2, -0.15) is 0 Å². The first-order valence-corrected chi connectivity index (χ1v) is 9.95. The Kier molecular flexibility index (Phi) is 6.84. The summed E-state index contributed by atoms with van der Waals surface area (Å²) >= 11 is 3.31. The first-order chi connectivity index (χ1) is 13.5. The molecule has 0 aromatic heterocycles. The number of methoxy groups -OCH3 is 1. The minimum atomic E-state index is -0.873. The molecule has 2 rings (SSSR count). The molecule has 1 atom stereocenters. The van der Waals surface area contributed by atoms with Gasteiger partial charge in [-0.15, -0.1) is 0 Å². The van der Waals surface area contributed by atoms with Crippen molar-refractivity contribution < 1.29 is 24.0 Å². The van der Waals surface area contributed by atoms with Gasteiger partial charge in [0.15, 0.2) is 0 Å². The number of halogens is 1. The number of esters is 2. The lowest BCUT2D eigenvalue weighted by Gasteiger charge is -2.32. The molecule has 29 heavy (non-hydrogen) atoms. The molecule has 8 nitrogen and oxygen atoms in total. The molecule has 156 valence electrons. The number of benzene rings is 1. The number of nitro benzene ring substituents is 1. The fourth-order valence-electron chi connectivity index (χ4n) is 3.13. The number of allylic oxidation sites excluding steroid dienone is 2. The van der Waals surface area contributed by atoms with E-state index in [2.05, 4.69) is 21.2 Å². The number of carbonyl (C=O) groups excluding carboxylic acids is 2. The van der Waals surface area contributed by atoms with E-state index in [0.29, 0.717) is 22.3 Å². The van der Waals surface area contributed by atoms with Gasteiger partial charge < -0.3 is 14.8 Å². The van der Waals surface area contributed by atoms with Crippen LogP contribution in [0.3, 0.4) is 0 Å². The number of rotatable bonds is 6. The molecule has 0 fully saturated rings. The maximum Gasteiger partial charge on any atom is 0.337 e. The van der Waals surface area contributed by atoms with E-state index in [-0.39, 0.29) is 16.8 Å². The number of non-ortho nitro benzene ring substituents is 1. The predicted molar refractivity (Wildman–Crippen MR) is 110 cm³/mol. The minimum Gasteiger partial charge on any atom is -0.466 e. The molecule has 1 unspecified atom stereocenters. The van der Waals surface area contributed by atoms with E-state index in [1.807, 2.05) is 0 Å². The molecular formula is C20H23BrN2O6. The van der Waals surface area contributed by atoms with E-state index in [1.54, 1.807) is 33.8 Å². The molecule has 1 heterocycles. The zero-order valence-corrected chi connectivity index (χ0v) is 18.5. The van der Waals surface area contributed by atoms with E-state index >= 15 is 0 Å². The average Bonchev–Trinajstić information content (AvgIpc) is 2.66. The standard InChI is InChI=1S/C20H23BrN2O6/c1-11-15(18(24)28-5)17(13-7-6-8-14(9-13)23(26)27)16(12(2)22-11)19(25)29-20(3,4)10-21/h6-9,17,22H,10H2,1-5H3. The van der Waals surface area contributed by atoms with E-state index < -0.39 is 28.4 Å². The molecular weight excluding hydrogens is 444 g/mol. The monoisotopic (exact) mass is 466 g/mol. The number of nitrogens with one attached hydrogen (secondary N) is 1. The number of dihydropyridines is 1. The number of nitrogens with zero attached hydrogens (tertiary/aromatic N) is 1. The fraction of sp³-hybridized carbons (Fsp3) is 0.400. The average molecular weight is 467 g/mol. The first-order valence-electron chi connectivity index (χ1n) is 8.83. The lowest BCUT2D eigenvalue weighted by Crippen LogP contribution is -2.36. The third-order valence-electron chi connectivity index (χ3n) is 4.49. The molecule has 1 aromatic carbocycles. The number of nitro groups is 1. The molecule has 9 heteroatoms. The van der Waals surface area contributed by atoms with Gasteiger partial charge in [-0.1, -0.05) is 28.1 Å². The minimum absolute atomic E-state index is 0.144. The van der Waals surface area contributed by atoms with Crippen molar-refractivity contribution in [2.24, 2.45) is 0 Å². The van der Waals surface area contributed by atoms with Crippen LogP contribution in [0.1, 0.15) is 39.2 Å². The largest absolute Gasteiger partial charge is 0.466 e. The number of carbonyl (C=O) groups is 2. The van der Waals surface area contributed by atoms with Crippen molar-refractivity contribution in [1.29, 1.82) is 0 Å². The maximum atomic E-state index is 13.1. The summed E-state index contributed by atoms with van der Waals surface area (Å²) in [7, 11) is 1.24. The molecule has 0 radical (unpaired) electrons. The Balaban J connectivity index is 2.68. The highest BCUT2D eigenvalue weighted by Crippen LogP contribution is 2.40. The van der Waals surface area contributed by atoms with Crippen molar-refractivity contribution in [2.75, 3.05) is 12.4 Å². The maximum absolute atomic E-state index is 13.1. The smallest absolute Gasteiger partial charge is 0.337 e. The predicted octanol–water partition coefficient (Wildman–Crippen LogP) is 3.72. The summed E-state index contributed by atoms with van der Waals surface area (Å²) in [5.41, 5.74) is 0.883. The van der Waals surface area contributed by atoms with Crippen molar-refractivity contribution in [3.05, 3.63) is 62.5 Å². The van der Waals surface area contributed by atoms with E-state index in [0.717, 1.165) is 0 Å². The number of hydrogen-bond donors (Lipinski definition) is 1. The zero-order valence-electron chi connectivity index (χ0n) is 16.9. The SMILES string of the molecule is COC(=O)C1=C(C)NC(C)=C(C(=O)OC(C)(C)CBr)C1c1cccc([N+](=O)[O-])c1. The summed E-state index contributed by atoms with van der Waals surface area (Å²) in [6.45, 7) is 6.87. The topological polar surface area (TPSA) is 108 Å². The summed E-state index contributed by atoms with van der Waals surface area (Å²) in [5.74, 6) is -2.13. The van der Waals surface area contributed by atoms with Crippen molar-refractivity contribution in [2.45, 2.75) is 39.2 Å². The Bertz CT molecular complexity index is 919. The summed E-state index contributed by atoms with van der Waals surface area (Å²) in [4.78, 5) is 36.4. The third-order valence-corrected chi connectivity index (χ3v) is 5.84. The van der Waals surface area contributed by atoms with Crippen molar-refractivity contribution in [3.8, 4) is 0 Å². The Labute approximate surface area is 177 Å². The van der Waals surface area contributed by atoms with E-state index in [9.17, 15) is 19.7 Å². The van der Waals surface area contributed by atoms with Gasteiger partial charge in [0.2, 0.25) is 0 Å². The van der Waals surface area contributed by atoms with Crippen molar-refractivity contribution in [1.82, 2.24) is 5.32 Å². The summed E-state index contributed by atoms with van der Waals surface area (Å²) in [5, 5.41) is 14.7. The van der Waals surface area contributed by atoms with Crippen LogP contribution in [0.25, 0.3) is 0 Å². The van der Waals surface area contributed by atoms with Crippen LogP contribution in [0.5, 0.6) is 0 Å². The second kappa shape index (κ2) is 8.77. The second-order valence-electron chi connectivity index (χ2n) is 7.26. The number of ether oxygens (including phenoxy) is 2. The van der Waals surface area contributed by atoms with Crippen molar-refractivity contribution >= 4 is 33.6 Å². The Morgan fingerprint density at radius 1 is 1.21 bits per heavy atom. The van der Waals surface area contributed by atoms with Gasteiger partial charge in [-0.3, -0.25) is 10.1 Å². The Hall–Kier alpha value is -2.68.